The third-order valence-corrected chi connectivity index (χ3v) is 3.75. The fourth-order valence-corrected chi connectivity index (χ4v) is 2.40. The number of nitrogens with zero attached hydrogens (tertiary/aromatic N) is 1. The van der Waals surface area contributed by atoms with Crippen molar-refractivity contribution in [3.63, 3.8) is 0 Å². The van der Waals surface area contributed by atoms with E-state index in [9.17, 15) is 4.39 Å². The zero-order valence-corrected chi connectivity index (χ0v) is 11.0. The van der Waals surface area contributed by atoms with Crippen molar-refractivity contribution in [2.75, 3.05) is 31.2 Å². The number of halogens is 1. The van der Waals surface area contributed by atoms with Gasteiger partial charge < -0.3 is 15.4 Å². The van der Waals surface area contributed by atoms with E-state index in [0.717, 1.165) is 6.54 Å². The van der Waals surface area contributed by atoms with Crippen LogP contribution in [0.2, 0.25) is 0 Å². The smallest absolute Gasteiger partial charge is 0.146 e. The Morgan fingerprint density at radius 3 is 2.78 bits per heavy atom. The number of benzene rings is 1. The molecule has 1 aromatic rings. The minimum atomic E-state index is -0.185. The highest BCUT2D eigenvalue weighted by Crippen LogP contribution is 2.30. The van der Waals surface area contributed by atoms with E-state index in [4.69, 9.17) is 10.5 Å². The van der Waals surface area contributed by atoms with Gasteiger partial charge in [-0.15, -0.1) is 0 Å². The summed E-state index contributed by atoms with van der Waals surface area (Å²) in [7, 11) is 0. The van der Waals surface area contributed by atoms with E-state index in [0.29, 0.717) is 25.4 Å². The molecule has 100 valence electrons. The molecule has 1 fully saturated rings. The van der Waals surface area contributed by atoms with Crippen molar-refractivity contribution in [2.45, 2.75) is 19.9 Å². The van der Waals surface area contributed by atoms with Crippen molar-refractivity contribution in [3.8, 4) is 0 Å². The van der Waals surface area contributed by atoms with Crippen LogP contribution in [-0.4, -0.2) is 32.3 Å². The van der Waals surface area contributed by atoms with Crippen molar-refractivity contribution in [1.29, 1.82) is 0 Å². The van der Waals surface area contributed by atoms with E-state index in [1.54, 1.807) is 6.07 Å². The number of nitrogens with two attached hydrogens (primary N) is 1. The highest BCUT2D eigenvalue weighted by molar-refractivity contribution is 5.47. The van der Waals surface area contributed by atoms with Gasteiger partial charge >= 0.3 is 0 Å². The van der Waals surface area contributed by atoms with Crippen LogP contribution in [0.15, 0.2) is 24.3 Å². The monoisotopic (exact) mass is 252 g/mol. The van der Waals surface area contributed by atoms with Gasteiger partial charge in [0.15, 0.2) is 0 Å². The Morgan fingerprint density at radius 2 is 2.22 bits per heavy atom. The molecule has 1 aliphatic heterocycles. The number of hydrogen-bond donors (Lipinski definition) is 1. The molecule has 1 saturated heterocycles. The molecular weight excluding hydrogens is 231 g/mol. The Bertz CT molecular complexity index is 413. The third kappa shape index (κ3) is 2.49. The maximum Gasteiger partial charge on any atom is 0.146 e. The normalized spacial score (nSPS) is 27.4. The predicted octanol–water partition coefficient (Wildman–Crippen LogP) is 2.02. The van der Waals surface area contributed by atoms with E-state index in [1.165, 1.54) is 6.07 Å². The molecule has 2 N–H and O–H groups in total. The highest BCUT2D eigenvalue weighted by atomic mass is 19.1. The van der Waals surface area contributed by atoms with E-state index >= 15 is 0 Å². The minimum absolute atomic E-state index is 0.0123. The molecule has 0 aliphatic carbocycles. The summed E-state index contributed by atoms with van der Waals surface area (Å²) in [6, 6.07) is 6.88. The van der Waals surface area contributed by atoms with Crippen molar-refractivity contribution < 1.29 is 9.13 Å². The number of rotatable bonds is 4. The second-order valence-corrected chi connectivity index (χ2v) is 5.24. The summed E-state index contributed by atoms with van der Waals surface area (Å²) < 4.78 is 19.3. The van der Waals surface area contributed by atoms with Crippen LogP contribution in [0.4, 0.5) is 10.1 Å². The van der Waals surface area contributed by atoms with Crippen LogP contribution in [0, 0.1) is 11.2 Å². The summed E-state index contributed by atoms with van der Waals surface area (Å²) >= 11 is 0. The molecule has 1 aromatic carbocycles. The van der Waals surface area contributed by atoms with Crippen LogP contribution in [0.3, 0.4) is 0 Å². The molecule has 1 aliphatic rings. The quantitative estimate of drug-likeness (QED) is 0.891. The highest BCUT2D eigenvalue weighted by Gasteiger charge is 2.39. The van der Waals surface area contributed by atoms with E-state index < -0.39 is 0 Å². The van der Waals surface area contributed by atoms with Crippen LogP contribution in [0.25, 0.3) is 0 Å². The van der Waals surface area contributed by atoms with Crippen LogP contribution < -0.4 is 10.6 Å². The number of anilines is 1. The first-order valence-corrected chi connectivity index (χ1v) is 6.39. The van der Waals surface area contributed by atoms with Gasteiger partial charge in [-0.3, -0.25) is 0 Å². The fourth-order valence-electron chi connectivity index (χ4n) is 2.40. The van der Waals surface area contributed by atoms with E-state index in [1.807, 2.05) is 24.0 Å². The zero-order chi connectivity index (χ0) is 13.2. The average Bonchev–Trinajstić information content (AvgIpc) is 2.68. The molecule has 0 aromatic heterocycles. The Kier molecular flexibility index (Phi) is 3.88. The first-order valence-electron chi connectivity index (χ1n) is 6.39. The lowest BCUT2D eigenvalue weighted by molar-refractivity contribution is 0.161. The van der Waals surface area contributed by atoms with Gasteiger partial charge in [0, 0.05) is 24.5 Å². The molecule has 0 radical (unpaired) electrons. The lowest BCUT2D eigenvalue weighted by Crippen LogP contribution is -2.47. The molecule has 2 unspecified atom stereocenters. The Hall–Kier alpha value is -1.13. The standard InChI is InChI=1S/C14H21FN2O/c1-3-17(12-7-5-4-6-11(12)15)9-14(2)10-18-8-13(14)16/h4-7,13H,3,8-10,16H2,1-2H3. The lowest BCUT2D eigenvalue weighted by Gasteiger charge is -2.35. The van der Waals surface area contributed by atoms with Gasteiger partial charge in [-0.25, -0.2) is 4.39 Å². The molecule has 0 amide bonds. The topological polar surface area (TPSA) is 38.5 Å². The second kappa shape index (κ2) is 5.24. The number of para-hydroxylation sites is 1. The molecule has 1 heterocycles. The Morgan fingerprint density at radius 1 is 1.50 bits per heavy atom. The molecule has 3 nitrogen and oxygen atoms in total. The van der Waals surface area contributed by atoms with Crippen LogP contribution in [-0.2, 0) is 4.74 Å². The predicted molar refractivity (Wildman–Crippen MR) is 71.2 cm³/mol. The Balaban J connectivity index is 2.18. The first kappa shape index (κ1) is 13.3. The Labute approximate surface area is 108 Å². The summed E-state index contributed by atoms with van der Waals surface area (Å²) in [6.07, 6.45) is 0. The number of hydrogen-bond acceptors (Lipinski definition) is 3. The van der Waals surface area contributed by atoms with Gasteiger partial charge in [0.1, 0.15) is 5.82 Å². The third-order valence-electron chi connectivity index (χ3n) is 3.75. The van der Waals surface area contributed by atoms with Crippen LogP contribution in [0.1, 0.15) is 13.8 Å². The average molecular weight is 252 g/mol. The largest absolute Gasteiger partial charge is 0.379 e. The molecule has 2 atom stereocenters. The van der Waals surface area contributed by atoms with E-state index in [-0.39, 0.29) is 17.3 Å². The fraction of sp³-hybridized carbons (Fsp3) is 0.571. The zero-order valence-electron chi connectivity index (χ0n) is 11.0. The van der Waals surface area contributed by atoms with Gasteiger partial charge in [-0.1, -0.05) is 19.1 Å². The summed E-state index contributed by atoms with van der Waals surface area (Å²) in [6.45, 7) is 6.82. The molecule has 18 heavy (non-hydrogen) atoms. The van der Waals surface area contributed by atoms with Gasteiger partial charge in [0.05, 0.1) is 18.9 Å². The summed E-state index contributed by atoms with van der Waals surface area (Å²) in [4.78, 5) is 2.03. The van der Waals surface area contributed by atoms with Crippen LogP contribution in [0.5, 0.6) is 0 Å². The van der Waals surface area contributed by atoms with Gasteiger partial charge in [0.2, 0.25) is 0 Å². The molecular formula is C14H21FN2O. The molecule has 0 saturated carbocycles. The van der Waals surface area contributed by atoms with Crippen LogP contribution >= 0.6 is 0 Å². The SMILES string of the molecule is CCN(CC1(C)COCC1N)c1ccccc1F. The minimum Gasteiger partial charge on any atom is -0.379 e. The second-order valence-electron chi connectivity index (χ2n) is 5.24. The molecule has 4 heteroatoms. The van der Waals surface area contributed by atoms with Crippen molar-refractivity contribution in [3.05, 3.63) is 30.1 Å². The molecule has 0 bridgehead atoms. The van der Waals surface area contributed by atoms with Gasteiger partial charge in [0.25, 0.3) is 0 Å². The van der Waals surface area contributed by atoms with Crippen molar-refractivity contribution in [1.82, 2.24) is 0 Å². The lowest BCUT2D eigenvalue weighted by atomic mass is 9.85. The van der Waals surface area contributed by atoms with Gasteiger partial charge in [-0.2, -0.15) is 0 Å². The van der Waals surface area contributed by atoms with Gasteiger partial charge in [-0.05, 0) is 19.1 Å². The molecule has 0 spiro atoms. The van der Waals surface area contributed by atoms with E-state index in [2.05, 4.69) is 6.92 Å². The summed E-state index contributed by atoms with van der Waals surface area (Å²) in [5.41, 5.74) is 6.61. The first-order chi connectivity index (χ1) is 8.57. The maximum atomic E-state index is 13.8. The summed E-state index contributed by atoms with van der Waals surface area (Å²) in [5.74, 6) is -0.185. The van der Waals surface area contributed by atoms with Crippen molar-refractivity contribution >= 4 is 5.69 Å². The number of ether oxygens (including phenoxy) is 1. The maximum absolute atomic E-state index is 13.8. The molecule has 2 rings (SSSR count). The summed E-state index contributed by atoms with van der Waals surface area (Å²) in [5, 5.41) is 0. The van der Waals surface area contributed by atoms with Crippen molar-refractivity contribution in [2.24, 2.45) is 11.1 Å².